The van der Waals surface area contributed by atoms with Gasteiger partial charge in [-0.05, 0) is 71.6 Å². The molecular weight excluding hydrogens is 644 g/mol. The van der Waals surface area contributed by atoms with E-state index in [2.05, 4.69) is 20.1 Å². The SMILES string of the molecule is COc1cc2c(=O)n(CCc3ccc(OC)c(OC)c3)cnc2cc1NC(=O)CN1CCN(C(c2ccc(F)cc2)c2ccc(F)cc2)CC1. The lowest BCUT2D eigenvalue weighted by Crippen LogP contribution is -2.49. The van der Waals surface area contributed by atoms with E-state index < -0.39 is 0 Å². The van der Waals surface area contributed by atoms with Crippen molar-refractivity contribution < 1.29 is 27.8 Å². The Bertz CT molecular complexity index is 1970. The van der Waals surface area contributed by atoms with E-state index in [1.54, 1.807) is 55.2 Å². The fraction of sp³-hybridized carbons (Fsp3) is 0.289. The fourth-order valence-corrected chi connectivity index (χ4v) is 6.37. The molecule has 5 aromatic rings. The second kappa shape index (κ2) is 15.5. The minimum absolute atomic E-state index is 0.151. The third kappa shape index (κ3) is 7.77. The molecule has 6 rings (SSSR count). The van der Waals surface area contributed by atoms with Gasteiger partial charge in [0.1, 0.15) is 17.4 Å². The molecule has 0 bridgehead atoms. The van der Waals surface area contributed by atoms with Crippen LogP contribution in [-0.2, 0) is 17.8 Å². The Labute approximate surface area is 288 Å². The van der Waals surface area contributed by atoms with Crippen molar-refractivity contribution in [3.8, 4) is 17.2 Å². The lowest BCUT2D eigenvalue weighted by atomic mass is 9.96. The van der Waals surface area contributed by atoms with Gasteiger partial charge in [-0.25, -0.2) is 13.8 Å². The lowest BCUT2D eigenvalue weighted by Gasteiger charge is -2.39. The molecule has 4 aromatic carbocycles. The molecule has 50 heavy (non-hydrogen) atoms. The van der Waals surface area contributed by atoms with Crippen LogP contribution >= 0.6 is 0 Å². The summed E-state index contributed by atoms with van der Waals surface area (Å²) in [4.78, 5) is 35.5. The van der Waals surface area contributed by atoms with Crippen LogP contribution in [0.1, 0.15) is 22.7 Å². The molecule has 1 aliphatic rings. The monoisotopic (exact) mass is 683 g/mol. The molecule has 0 spiro atoms. The number of anilines is 1. The second-order valence-corrected chi connectivity index (χ2v) is 12.1. The highest BCUT2D eigenvalue weighted by Crippen LogP contribution is 2.31. The molecule has 2 heterocycles. The number of nitrogens with zero attached hydrogens (tertiary/aromatic N) is 4. The summed E-state index contributed by atoms with van der Waals surface area (Å²) in [7, 11) is 4.65. The minimum Gasteiger partial charge on any atom is -0.495 e. The van der Waals surface area contributed by atoms with E-state index in [4.69, 9.17) is 14.2 Å². The molecule has 1 amide bonds. The van der Waals surface area contributed by atoms with Gasteiger partial charge in [-0.15, -0.1) is 0 Å². The van der Waals surface area contributed by atoms with Crippen molar-refractivity contribution in [2.75, 3.05) is 59.4 Å². The van der Waals surface area contributed by atoms with Crippen LogP contribution in [-0.4, -0.2) is 79.3 Å². The molecule has 1 aliphatic heterocycles. The Balaban J connectivity index is 1.10. The fourth-order valence-electron chi connectivity index (χ4n) is 6.37. The number of amides is 1. The molecule has 1 aromatic heterocycles. The van der Waals surface area contributed by atoms with Crippen molar-refractivity contribution in [2.24, 2.45) is 0 Å². The standard InChI is InChI=1S/C38H39F2N5O5/c1-48-33-13-4-25(20-35(33)50-3)14-15-45-24-41-31-22-32(34(49-2)21-30(31)38(45)47)42-36(46)23-43-16-18-44(19-17-43)37(26-5-9-28(39)10-6-26)27-7-11-29(40)12-8-27/h4-13,20-22,24,37H,14-19,23H2,1-3H3,(H,42,46). The number of methoxy groups -OCH3 is 3. The van der Waals surface area contributed by atoms with Gasteiger partial charge in [0.15, 0.2) is 11.5 Å². The Hall–Kier alpha value is -5.33. The summed E-state index contributed by atoms with van der Waals surface area (Å²) in [5, 5.41) is 3.31. The molecule has 1 N–H and O–H groups in total. The first-order chi connectivity index (χ1) is 24.3. The molecule has 10 nitrogen and oxygen atoms in total. The summed E-state index contributed by atoms with van der Waals surface area (Å²) in [6, 6.07) is 21.5. The molecule has 0 radical (unpaired) electrons. The predicted molar refractivity (Wildman–Crippen MR) is 187 cm³/mol. The number of carbonyl (C=O) groups excluding carboxylic acids is 1. The number of hydrogen-bond acceptors (Lipinski definition) is 8. The molecule has 1 fully saturated rings. The van der Waals surface area contributed by atoms with E-state index in [0.29, 0.717) is 73.0 Å². The minimum atomic E-state index is -0.319. The number of benzene rings is 4. The van der Waals surface area contributed by atoms with Crippen LogP contribution in [0.25, 0.3) is 10.9 Å². The van der Waals surface area contributed by atoms with Crippen LogP contribution in [0, 0.1) is 11.6 Å². The summed E-state index contributed by atoms with van der Waals surface area (Å²) < 4.78 is 45.3. The molecule has 0 atom stereocenters. The van der Waals surface area contributed by atoms with Gasteiger partial charge in [0.2, 0.25) is 5.91 Å². The predicted octanol–water partition coefficient (Wildman–Crippen LogP) is 5.29. The maximum absolute atomic E-state index is 13.7. The third-order valence-electron chi connectivity index (χ3n) is 9.02. The Morgan fingerprint density at radius 3 is 2.02 bits per heavy atom. The number of carbonyl (C=O) groups is 1. The van der Waals surface area contributed by atoms with Crippen LogP contribution in [0.5, 0.6) is 17.2 Å². The summed E-state index contributed by atoms with van der Waals surface area (Å²) in [6.45, 7) is 3.08. The van der Waals surface area contributed by atoms with Gasteiger partial charge in [-0.2, -0.15) is 0 Å². The number of aromatic nitrogens is 2. The number of aryl methyl sites for hydroxylation is 2. The van der Waals surface area contributed by atoms with Gasteiger partial charge in [0.25, 0.3) is 5.56 Å². The van der Waals surface area contributed by atoms with E-state index in [1.165, 1.54) is 37.7 Å². The van der Waals surface area contributed by atoms with Gasteiger partial charge >= 0.3 is 0 Å². The molecular formula is C38H39F2N5O5. The number of rotatable bonds is 12. The van der Waals surface area contributed by atoms with Crippen molar-refractivity contribution in [3.05, 3.63) is 124 Å². The maximum Gasteiger partial charge on any atom is 0.261 e. The highest BCUT2D eigenvalue weighted by molar-refractivity contribution is 5.96. The first-order valence-electron chi connectivity index (χ1n) is 16.3. The number of fused-ring (bicyclic) bond motifs is 1. The highest BCUT2D eigenvalue weighted by atomic mass is 19.1. The maximum atomic E-state index is 13.7. The molecule has 0 saturated carbocycles. The van der Waals surface area contributed by atoms with Crippen molar-refractivity contribution >= 4 is 22.5 Å². The normalized spacial score (nSPS) is 13.8. The van der Waals surface area contributed by atoms with Crippen LogP contribution in [0.2, 0.25) is 0 Å². The van der Waals surface area contributed by atoms with Crippen LogP contribution in [0.15, 0.2) is 90.0 Å². The number of hydrogen-bond donors (Lipinski definition) is 1. The Kier molecular flexibility index (Phi) is 10.7. The quantitative estimate of drug-likeness (QED) is 0.190. The number of halogens is 2. The summed E-state index contributed by atoms with van der Waals surface area (Å²) in [6.07, 6.45) is 2.08. The van der Waals surface area contributed by atoms with Gasteiger partial charge in [0.05, 0.1) is 56.8 Å². The molecule has 0 unspecified atom stereocenters. The number of nitrogens with one attached hydrogen (secondary N) is 1. The summed E-state index contributed by atoms with van der Waals surface area (Å²) >= 11 is 0. The smallest absolute Gasteiger partial charge is 0.261 e. The molecule has 1 saturated heterocycles. The number of piperazine rings is 1. The van der Waals surface area contributed by atoms with Gasteiger partial charge < -0.3 is 19.5 Å². The van der Waals surface area contributed by atoms with E-state index in [9.17, 15) is 18.4 Å². The summed E-state index contributed by atoms with van der Waals surface area (Å²) in [5.74, 6) is 0.740. The van der Waals surface area contributed by atoms with Crippen LogP contribution in [0.3, 0.4) is 0 Å². The third-order valence-corrected chi connectivity index (χ3v) is 9.02. The first kappa shape index (κ1) is 34.5. The highest BCUT2D eigenvalue weighted by Gasteiger charge is 2.27. The molecule has 260 valence electrons. The van der Waals surface area contributed by atoms with Crippen molar-refractivity contribution in [1.82, 2.24) is 19.4 Å². The van der Waals surface area contributed by atoms with Crippen molar-refractivity contribution in [1.29, 1.82) is 0 Å². The first-order valence-corrected chi connectivity index (χ1v) is 16.3. The van der Waals surface area contributed by atoms with Gasteiger partial charge in [-0.3, -0.25) is 24.0 Å². The largest absolute Gasteiger partial charge is 0.495 e. The van der Waals surface area contributed by atoms with E-state index >= 15 is 0 Å². The van der Waals surface area contributed by atoms with E-state index in [0.717, 1.165) is 16.7 Å². The van der Waals surface area contributed by atoms with Gasteiger partial charge in [-0.1, -0.05) is 30.3 Å². The average molecular weight is 684 g/mol. The molecule has 0 aliphatic carbocycles. The van der Waals surface area contributed by atoms with Crippen LogP contribution in [0.4, 0.5) is 14.5 Å². The van der Waals surface area contributed by atoms with Crippen molar-refractivity contribution in [2.45, 2.75) is 19.0 Å². The summed E-state index contributed by atoms with van der Waals surface area (Å²) in [5.41, 5.74) is 3.44. The Morgan fingerprint density at radius 2 is 1.42 bits per heavy atom. The lowest BCUT2D eigenvalue weighted by molar-refractivity contribution is -0.117. The number of ether oxygens (including phenoxy) is 3. The average Bonchev–Trinajstić information content (AvgIpc) is 3.13. The van der Waals surface area contributed by atoms with Gasteiger partial charge in [0, 0.05) is 32.7 Å². The van der Waals surface area contributed by atoms with Crippen LogP contribution < -0.4 is 25.1 Å². The molecule has 12 heteroatoms. The Morgan fingerprint density at radius 1 is 0.800 bits per heavy atom. The van der Waals surface area contributed by atoms with E-state index in [1.807, 2.05) is 18.2 Å². The van der Waals surface area contributed by atoms with E-state index in [-0.39, 0.29) is 35.7 Å². The zero-order valence-electron chi connectivity index (χ0n) is 28.2. The van der Waals surface area contributed by atoms with Crippen molar-refractivity contribution in [3.63, 3.8) is 0 Å². The zero-order valence-corrected chi connectivity index (χ0v) is 28.2. The second-order valence-electron chi connectivity index (χ2n) is 12.1. The topological polar surface area (TPSA) is 98.2 Å². The zero-order chi connectivity index (χ0) is 35.2.